The summed E-state index contributed by atoms with van der Waals surface area (Å²) in [7, 11) is 3.16. The Morgan fingerprint density at radius 2 is 1.76 bits per heavy atom. The number of phenolic OH excluding ortho intramolecular Hbond substituents is 2. The molecule has 34 heavy (non-hydrogen) atoms. The highest BCUT2D eigenvalue weighted by Gasteiger charge is 2.22. The van der Waals surface area contributed by atoms with Gasteiger partial charge in [0.1, 0.15) is 11.5 Å². The first-order chi connectivity index (χ1) is 16.4. The van der Waals surface area contributed by atoms with Crippen LogP contribution in [-0.2, 0) is 5.75 Å². The van der Waals surface area contributed by atoms with Gasteiger partial charge in [0.05, 0.1) is 25.5 Å². The fourth-order valence-electron chi connectivity index (χ4n) is 3.60. The minimum atomic E-state index is -0.0835. The smallest absolute Gasteiger partial charge is 0.196 e. The van der Waals surface area contributed by atoms with Crippen molar-refractivity contribution in [2.45, 2.75) is 30.7 Å². The largest absolute Gasteiger partial charge is 0.508 e. The summed E-state index contributed by atoms with van der Waals surface area (Å²) in [6.45, 7) is 3.95. The molecule has 0 saturated heterocycles. The lowest BCUT2D eigenvalue weighted by Gasteiger charge is -2.16. The van der Waals surface area contributed by atoms with Crippen LogP contribution in [0.2, 0.25) is 0 Å². The van der Waals surface area contributed by atoms with E-state index in [-0.39, 0.29) is 17.4 Å². The number of hydrogen-bond donors (Lipinski definition) is 2. The van der Waals surface area contributed by atoms with Crippen LogP contribution in [-0.4, -0.2) is 44.2 Å². The Balaban J connectivity index is 1.87. The SMILES string of the molecule is COc1ccc(-n2c(SCc3cccnc3)nnc2-c2cc(C(C)C)c(O)cc2O)cc1OC. The standard InChI is InChI=1S/C25H26N4O4S/c1-15(2)18-11-19(21(31)12-20(18)30)24-27-28-25(34-14-16-6-5-9-26-13-16)29(24)17-7-8-22(32-3)23(10-17)33-4/h5-13,15,30-31H,14H2,1-4H3. The molecule has 4 aromatic rings. The number of methoxy groups -OCH3 is 2. The third-order valence-electron chi connectivity index (χ3n) is 5.36. The Hall–Kier alpha value is -3.72. The topological polar surface area (TPSA) is 103 Å². The van der Waals surface area contributed by atoms with Gasteiger partial charge in [0, 0.05) is 30.3 Å². The molecular weight excluding hydrogens is 452 g/mol. The maximum atomic E-state index is 10.7. The highest BCUT2D eigenvalue weighted by atomic mass is 32.2. The van der Waals surface area contributed by atoms with Gasteiger partial charge < -0.3 is 19.7 Å². The summed E-state index contributed by atoms with van der Waals surface area (Å²) >= 11 is 1.50. The van der Waals surface area contributed by atoms with Crippen molar-refractivity contribution in [2.75, 3.05) is 14.2 Å². The second-order valence-electron chi connectivity index (χ2n) is 7.91. The van der Waals surface area contributed by atoms with Crippen molar-refractivity contribution in [1.82, 2.24) is 19.7 Å². The van der Waals surface area contributed by atoms with Gasteiger partial charge in [-0.05, 0) is 41.3 Å². The number of hydrogen-bond acceptors (Lipinski definition) is 8. The number of thioether (sulfide) groups is 1. The van der Waals surface area contributed by atoms with Crippen LogP contribution in [0.5, 0.6) is 23.0 Å². The van der Waals surface area contributed by atoms with E-state index in [1.165, 1.54) is 17.8 Å². The molecule has 0 fully saturated rings. The van der Waals surface area contributed by atoms with Gasteiger partial charge in [0.2, 0.25) is 0 Å². The molecule has 0 aliphatic carbocycles. The van der Waals surface area contributed by atoms with Crippen molar-refractivity contribution in [2.24, 2.45) is 0 Å². The molecule has 9 heteroatoms. The fourth-order valence-corrected chi connectivity index (χ4v) is 4.49. The first-order valence-corrected chi connectivity index (χ1v) is 11.7. The van der Waals surface area contributed by atoms with E-state index < -0.39 is 0 Å². The van der Waals surface area contributed by atoms with Crippen LogP contribution in [0, 0.1) is 0 Å². The van der Waals surface area contributed by atoms with Crippen LogP contribution >= 0.6 is 11.8 Å². The highest BCUT2D eigenvalue weighted by Crippen LogP contribution is 2.40. The summed E-state index contributed by atoms with van der Waals surface area (Å²) in [5.41, 5.74) is 2.96. The average Bonchev–Trinajstić information content (AvgIpc) is 3.26. The lowest BCUT2D eigenvalue weighted by atomic mass is 9.98. The molecule has 0 radical (unpaired) electrons. The van der Waals surface area contributed by atoms with Crippen molar-refractivity contribution in [3.05, 3.63) is 66.0 Å². The first kappa shape index (κ1) is 23.4. The van der Waals surface area contributed by atoms with E-state index >= 15 is 0 Å². The second kappa shape index (κ2) is 10.0. The van der Waals surface area contributed by atoms with Gasteiger partial charge in [-0.1, -0.05) is 31.7 Å². The van der Waals surface area contributed by atoms with Gasteiger partial charge in [-0.3, -0.25) is 9.55 Å². The van der Waals surface area contributed by atoms with Crippen LogP contribution < -0.4 is 9.47 Å². The minimum Gasteiger partial charge on any atom is -0.508 e. The Kier molecular flexibility index (Phi) is 6.93. The Morgan fingerprint density at radius 3 is 2.44 bits per heavy atom. The van der Waals surface area contributed by atoms with Gasteiger partial charge in [-0.15, -0.1) is 10.2 Å². The molecule has 2 aromatic carbocycles. The molecule has 0 unspecified atom stereocenters. The van der Waals surface area contributed by atoms with E-state index in [4.69, 9.17) is 9.47 Å². The minimum absolute atomic E-state index is 0.0413. The normalized spacial score (nSPS) is 11.1. The summed E-state index contributed by atoms with van der Waals surface area (Å²) in [6, 6.07) is 12.5. The number of rotatable bonds is 8. The predicted molar refractivity (Wildman–Crippen MR) is 131 cm³/mol. The summed E-state index contributed by atoms with van der Waals surface area (Å²) in [5, 5.41) is 30.5. The Bertz CT molecular complexity index is 1290. The van der Waals surface area contributed by atoms with Gasteiger partial charge in [0.15, 0.2) is 22.5 Å². The molecule has 176 valence electrons. The molecule has 4 rings (SSSR count). The maximum Gasteiger partial charge on any atom is 0.196 e. The Morgan fingerprint density at radius 1 is 0.971 bits per heavy atom. The summed E-state index contributed by atoms with van der Waals surface area (Å²) < 4.78 is 12.8. The predicted octanol–water partition coefficient (Wildman–Crippen LogP) is 5.17. The number of phenols is 2. The zero-order chi connectivity index (χ0) is 24.2. The Labute approximate surface area is 202 Å². The molecule has 0 aliphatic heterocycles. The number of ether oxygens (including phenoxy) is 2. The van der Waals surface area contributed by atoms with Gasteiger partial charge in [-0.2, -0.15) is 0 Å². The number of nitrogens with zero attached hydrogens (tertiary/aromatic N) is 4. The van der Waals surface area contributed by atoms with E-state index in [9.17, 15) is 10.2 Å². The lowest BCUT2D eigenvalue weighted by Crippen LogP contribution is -2.02. The molecule has 0 bridgehead atoms. The molecule has 2 N–H and O–H groups in total. The van der Waals surface area contributed by atoms with Crippen LogP contribution in [0.1, 0.15) is 30.9 Å². The molecule has 0 amide bonds. The quantitative estimate of drug-likeness (QED) is 0.334. The molecule has 0 aliphatic rings. The monoisotopic (exact) mass is 478 g/mol. The van der Waals surface area contributed by atoms with E-state index in [0.717, 1.165) is 11.3 Å². The van der Waals surface area contributed by atoms with E-state index in [1.807, 2.05) is 54.9 Å². The second-order valence-corrected chi connectivity index (χ2v) is 8.86. The van der Waals surface area contributed by atoms with Crippen molar-refractivity contribution in [3.8, 4) is 40.1 Å². The number of benzene rings is 2. The molecule has 0 atom stereocenters. The molecule has 0 saturated carbocycles. The van der Waals surface area contributed by atoms with Gasteiger partial charge in [-0.25, -0.2) is 0 Å². The number of pyridine rings is 1. The lowest BCUT2D eigenvalue weighted by molar-refractivity contribution is 0.355. The molecule has 8 nitrogen and oxygen atoms in total. The number of aromatic hydroxyl groups is 2. The molecule has 0 spiro atoms. The highest BCUT2D eigenvalue weighted by molar-refractivity contribution is 7.98. The van der Waals surface area contributed by atoms with Crippen LogP contribution in [0.15, 0.2) is 60.0 Å². The summed E-state index contributed by atoms with van der Waals surface area (Å²) in [5.74, 6) is 2.24. The van der Waals surface area contributed by atoms with Crippen molar-refractivity contribution >= 4 is 11.8 Å². The fraction of sp³-hybridized carbons (Fsp3) is 0.240. The van der Waals surface area contributed by atoms with Crippen LogP contribution in [0.25, 0.3) is 17.1 Å². The van der Waals surface area contributed by atoms with Crippen molar-refractivity contribution in [3.63, 3.8) is 0 Å². The van der Waals surface area contributed by atoms with Crippen LogP contribution in [0.3, 0.4) is 0 Å². The third kappa shape index (κ3) is 4.65. The zero-order valence-electron chi connectivity index (χ0n) is 19.4. The number of aromatic nitrogens is 4. The van der Waals surface area contributed by atoms with E-state index in [1.54, 1.807) is 26.5 Å². The van der Waals surface area contributed by atoms with E-state index in [0.29, 0.717) is 39.4 Å². The maximum absolute atomic E-state index is 10.7. The summed E-state index contributed by atoms with van der Waals surface area (Å²) in [6.07, 6.45) is 3.55. The van der Waals surface area contributed by atoms with Gasteiger partial charge in [0.25, 0.3) is 0 Å². The zero-order valence-corrected chi connectivity index (χ0v) is 20.2. The van der Waals surface area contributed by atoms with Gasteiger partial charge >= 0.3 is 0 Å². The molecular formula is C25H26N4O4S. The summed E-state index contributed by atoms with van der Waals surface area (Å²) in [4.78, 5) is 4.17. The van der Waals surface area contributed by atoms with E-state index in [2.05, 4.69) is 15.2 Å². The first-order valence-electron chi connectivity index (χ1n) is 10.7. The molecule has 2 aromatic heterocycles. The third-order valence-corrected chi connectivity index (χ3v) is 6.36. The van der Waals surface area contributed by atoms with Crippen molar-refractivity contribution in [1.29, 1.82) is 0 Å². The molecule has 2 heterocycles. The van der Waals surface area contributed by atoms with Crippen LogP contribution in [0.4, 0.5) is 0 Å². The van der Waals surface area contributed by atoms with Crippen molar-refractivity contribution < 1.29 is 19.7 Å². The average molecular weight is 479 g/mol.